The molecule has 4 N–H and O–H groups in total. The largest absolute Gasteiger partial charge is 0.481 e. The number of aliphatic carboxylic acids is 1. The minimum atomic E-state index is -1.10. The molecule has 1 amide bonds. The van der Waals surface area contributed by atoms with Crippen molar-refractivity contribution in [1.29, 1.82) is 0 Å². The topological polar surface area (TPSA) is 97.4 Å². The van der Waals surface area contributed by atoms with Gasteiger partial charge in [-0.05, 0) is 12.1 Å². The van der Waals surface area contributed by atoms with Crippen molar-refractivity contribution in [3.63, 3.8) is 0 Å². The molecule has 1 heterocycles. The summed E-state index contributed by atoms with van der Waals surface area (Å²) in [6, 6.07) is 2.42. The average molecular weight is 197 g/mol. The fourth-order valence-corrected chi connectivity index (χ4v) is 0.900. The summed E-state index contributed by atoms with van der Waals surface area (Å²) in [5, 5.41) is 8.39. The maximum absolute atomic E-state index is 11.2. The Labute approximate surface area is 80.3 Å². The van der Waals surface area contributed by atoms with Crippen LogP contribution in [0, 0.1) is 0 Å². The van der Waals surface area contributed by atoms with Crippen LogP contribution in [0.5, 0.6) is 0 Å². The molecule has 0 fully saturated rings. The fraction of sp³-hybridized carbons (Fsp3) is 0.250. The van der Waals surface area contributed by atoms with Gasteiger partial charge in [0.05, 0.1) is 12.5 Å². The van der Waals surface area contributed by atoms with Crippen LogP contribution < -0.4 is 11.2 Å². The SMILES string of the molecule is NC(CC(=O)O)C(=O)Nn1cccc1. The summed E-state index contributed by atoms with van der Waals surface area (Å²) < 4.78 is 1.41. The van der Waals surface area contributed by atoms with E-state index < -0.39 is 17.9 Å². The lowest BCUT2D eigenvalue weighted by atomic mass is 10.2. The van der Waals surface area contributed by atoms with Gasteiger partial charge in [0, 0.05) is 12.4 Å². The van der Waals surface area contributed by atoms with Gasteiger partial charge in [-0.25, -0.2) is 0 Å². The van der Waals surface area contributed by atoms with E-state index in [0.29, 0.717) is 0 Å². The second-order valence-corrected chi connectivity index (χ2v) is 2.77. The Kier molecular flexibility index (Phi) is 3.24. The first-order valence-corrected chi connectivity index (χ1v) is 4.01. The molecule has 0 aliphatic rings. The van der Waals surface area contributed by atoms with E-state index in [1.54, 1.807) is 24.5 Å². The Morgan fingerprint density at radius 1 is 1.43 bits per heavy atom. The van der Waals surface area contributed by atoms with Crippen molar-refractivity contribution >= 4 is 11.9 Å². The third-order valence-electron chi connectivity index (χ3n) is 1.58. The molecule has 1 atom stereocenters. The third kappa shape index (κ3) is 2.91. The number of nitrogens with two attached hydrogens (primary N) is 1. The predicted octanol–water partition coefficient (Wildman–Crippen LogP) is -0.640. The van der Waals surface area contributed by atoms with E-state index in [2.05, 4.69) is 5.43 Å². The highest BCUT2D eigenvalue weighted by Gasteiger charge is 2.16. The molecule has 1 aromatic rings. The number of rotatable bonds is 4. The Balaban J connectivity index is 2.46. The van der Waals surface area contributed by atoms with Gasteiger partial charge in [-0.15, -0.1) is 0 Å². The van der Waals surface area contributed by atoms with Gasteiger partial charge >= 0.3 is 5.97 Å². The first-order valence-electron chi connectivity index (χ1n) is 4.01. The van der Waals surface area contributed by atoms with E-state index in [4.69, 9.17) is 10.8 Å². The highest BCUT2D eigenvalue weighted by Crippen LogP contribution is 1.91. The summed E-state index contributed by atoms with van der Waals surface area (Å²) in [7, 11) is 0. The van der Waals surface area contributed by atoms with Crippen molar-refractivity contribution in [2.45, 2.75) is 12.5 Å². The molecule has 1 rings (SSSR count). The number of nitrogens with one attached hydrogen (secondary N) is 1. The zero-order chi connectivity index (χ0) is 10.6. The van der Waals surface area contributed by atoms with E-state index >= 15 is 0 Å². The summed E-state index contributed by atoms with van der Waals surface area (Å²) in [5.41, 5.74) is 7.74. The molecule has 0 aromatic carbocycles. The van der Waals surface area contributed by atoms with Crippen molar-refractivity contribution in [3.8, 4) is 0 Å². The molecule has 0 aliphatic carbocycles. The predicted molar refractivity (Wildman–Crippen MR) is 49.0 cm³/mol. The van der Waals surface area contributed by atoms with Gasteiger partial charge in [-0.3, -0.25) is 19.7 Å². The zero-order valence-corrected chi connectivity index (χ0v) is 7.38. The first-order chi connectivity index (χ1) is 6.59. The second kappa shape index (κ2) is 4.43. The second-order valence-electron chi connectivity index (χ2n) is 2.77. The normalized spacial score (nSPS) is 12.1. The van der Waals surface area contributed by atoms with Gasteiger partial charge in [-0.1, -0.05) is 0 Å². The summed E-state index contributed by atoms with van der Waals surface area (Å²) in [4.78, 5) is 21.5. The van der Waals surface area contributed by atoms with Crippen LogP contribution in [-0.2, 0) is 9.59 Å². The number of hydrogen-bond acceptors (Lipinski definition) is 3. The molecule has 0 radical (unpaired) electrons. The van der Waals surface area contributed by atoms with Gasteiger partial charge in [0.25, 0.3) is 5.91 Å². The number of carbonyl (C=O) groups excluding carboxylic acids is 1. The highest BCUT2D eigenvalue weighted by atomic mass is 16.4. The fourth-order valence-electron chi connectivity index (χ4n) is 0.900. The van der Waals surface area contributed by atoms with Gasteiger partial charge in [0.1, 0.15) is 0 Å². The number of carbonyl (C=O) groups is 2. The van der Waals surface area contributed by atoms with Crippen molar-refractivity contribution in [2.24, 2.45) is 5.73 Å². The third-order valence-corrected chi connectivity index (χ3v) is 1.58. The van der Waals surface area contributed by atoms with Crippen LogP contribution in [-0.4, -0.2) is 27.7 Å². The van der Waals surface area contributed by atoms with E-state index in [1.165, 1.54) is 4.68 Å². The summed E-state index contributed by atoms with van der Waals surface area (Å²) in [6.07, 6.45) is 2.85. The molecule has 0 saturated heterocycles. The molecule has 0 bridgehead atoms. The first kappa shape index (κ1) is 10.3. The standard InChI is InChI=1S/C8H11N3O3/c9-6(5-7(12)13)8(14)10-11-3-1-2-4-11/h1-4,6H,5,9H2,(H,10,14)(H,12,13). The van der Waals surface area contributed by atoms with Crippen molar-refractivity contribution in [3.05, 3.63) is 24.5 Å². The Bertz CT molecular complexity index is 321. The number of amides is 1. The van der Waals surface area contributed by atoms with Gasteiger partial charge < -0.3 is 10.8 Å². The van der Waals surface area contributed by atoms with Gasteiger partial charge in [-0.2, -0.15) is 0 Å². The van der Waals surface area contributed by atoms with Gasteiger partial charge in [0.15, 0.2) is 0 Å². The number of aromatic nitrogens is 1. The molecule has 0 spiro atoms. The Hall–Kier alpha value is -1.82. The molecule has 6 nitrogen and oxygen atoms in total. The number of carboxylic acids is 1. The molecular weight excluding hydrogens is 186 g/mol. The number of carboxylic acid groups (broad SMARTS) is 1. The van der Waals surface area contributed by atoms with Crippen molar-refractivity contribution < 1.29 is 14.7 Å². The quantitative estimate of drug-likeness (QED) is 0.598. The monoisotopic (exact) mass is 197 g/mol. The molecular formula is C8H11N3O3. The molecule has 1 aromatic heterocycles. The molecule has 1 unspecified atom stereocenters. The van der Waals surface area contributed by atoms with Crippen molar-refractivity contribution in [2.75, 3.05) is 5.43 Å². The van der Waals surface area contributed by atoms with Gasteiger partial charge in [0.2, 0.25) is 0 Å². The molecule has 14 heavy (non-hydrogen) atoms. The Morgan fingerprint density at radius 3 is 2.50 bits per heavy atom. The summed E-state index contributed by atoms with van der Waals surface area (Å²) in [6.45, 7) is 0. The lowest BCUT2D eigenvalue weighted by Gasteiger charge is -2.10. The molecule has 6 heteroatoms. The number of hydrogen-bond donors (Lipinski definition) is 3. The maximum Gasteiger partial charge on any atom is 0.305 e. The lowest BCUT2D eigenvalue weighted by molar-refractivity contribution is -0.138. The minimum absolute atomic E-state index is 0.382. The molecule has 0 aliphatic heterocycles. The maximum atomic E-state index is 11.2. The summed E-state index contributed by atoms with van der Waals surface area (Å²) in [5.74, 6) is -1.62. The highest BCUT2D eigenvalue weighted by molar-refractivity contribution is 5.91. The van der Waals surface area contributed by atoms with E-state index in [-0.39, 0.29) is 6.42 Å². The van der Waals surface area contributed by atoms with Crippen LogP contribution in [0.4, 0.5) is 0 Å². The van der Waals surface area contributed by atoms with Crippen LogP contribution in [0.3, 0.4) is 0 Å². The Morgan fingerprint density at radius 2 is 2.00 bits per heavy atom. The lowest BCUT2D eigenvalue weighted by Crippen LogP contribution is -2.40. The van der Waals surface area contributed by atoms with Crippen LogP contribution >= 0.6 is 0 Å². The van der Waals surface area contributed by atoms with E-state index in [1.807, 2.05) is 0 Å². The minimum Gasteiger partial charge on any atom is -0.481 e. The number of nitrogens with zero attached hydrogens (tertiary/aromatic N) is 1. The van der Waals surface area contributed by atoms with E-state index in [9.17, 15) is 9.59 Å². The smallest absolute Gasteiger partial charge is 0.305 e. The molecule has 76 valence electrons. The van der Waals surface area contributed by atoms with Crippen LogP contribution in [0.1, 0.15) is 6.42 Å². The zero-order valence-electron chi connectivity index (χ0n) is 7.38. The van der Waals surface area contributed by atoms with Crippen LogP contribution in [0.2, 0.25) is 0 Å². The van der Waals surface area contributed by atoms with Crippen LogP contribution in [0.25, 0.3) is 0 Å². The van der Waals surface area contributed by atoms with E-state index in [0.717, 1.165) is 0 Å². The molecule has 0 saturated carbocycles. The van der Waals surface area contributed by atoms with Crippen molar-refractivity contribution in [1.82, 2.24) is 4.68 Å². The van der Waals surface area contributed by atoms with Crippen LogP contribution in [0.15, 0.2) is 24.5 Å². The average Bonchev–Trinajstić information content (AvgIpc) is 2.55. The summed E-state index contributed by atoms with van der Waals surface area (Å²) >= 11 is 0.